The first kappa shape index (κ1) is 14.9. The molecular weight excluding hydrogens is 413 g/mol. The summed E-state index contributed by atoms with van der Waals surface area (Å²) in [7, 11) is 0. The lowest BCUT2D eigenvalue weighted by atomic mass is 10.1. The zero-order valence-corrected chi connectivity index (χ0v) is 12.4. The first-order valence-corrected chi connectivity index (χ1v) is 6.43. The summed E-state index contributed by atoms with van der Waals surface area (Å²) in [6.45, 7) is 0. The van der Waals surface area contributed by atoms with E-state index in [9.17, 15) is 23.3 Å². The molecule has 1 aromatic carbocycles. The van der Waals surface area contributed by atoms with Crippen LogP contribution in [0.5, 0.6) is 0 Å². The van der Waals surface area contributed by atoms with Crippen LogP contribution < -0.4 is 0 Å². The predicted octanol–water partition coefficient (Wildman–Crippen LogP) is 3.72. The fourth-order valence-corrected chi connectivity index (χ4v) is 2.45. The predicted molar refractivity (Wildman–Crippen MR) is 68.4 cm³/mol. The highest BCUT2D eigenvalue weighted by atomic mass is 79.9. The summed E-state index contributed by atoms with van der Waals surface area (Å²) in [6, 6.07) is 2.16. The molecular formula is C9H3Br2F3N4O2. The van der Waals surface area contributed by atoms with Gasteiger partial charge in [-0.3, -0.25) is 10.1 Å². The smallest absolute Gasteiger partial charge is 0.258 e. The van der Waals surface area contributed by atoms with Crippen molar-refractivity contribution < 1.29 is 18.1 Å². The fourth-order valence-electron chi connectivity index (χ4n) is 1.45. The summed E-state index contributed by atoms with van der Waals surface area (Å²) in [4.78, 5) is 13.8. The Balaban J connectivity index is 2.65. The Morgan fingerprint density at radius 2 is 1.95 bits per heavy atom. The van der Waals surface area contributed by atoms with E-state index in [-0.39, 0.29) is 15.2 Å². The van der Waals surface area contributed by atoms with Crippen molar-refractivity contribution in [3.05, 3.63) is 43.3 Å². The van der Waals surface area contributed by atoms with Crippen LogP contribution in [0.4, 0.5) is 18.9 Å². The Morgan fingerprint density at radius 3 is 2.40 bits per heavy atom. The maximum atomic E-state index is 12.6. The first-order valence-electron chi connectivity index (χ1n) is 4.84. The number of alkyl halides is 3. The van der Waals surface area contributed by atoms with E-state index in [0.29, 0.717) is 6.07 Å². The van der Waals surface area contributed by atoms with Gasteiger partial charge in [0.15, 0.2) is 0 Å². The molecule has 1 heterocycles. The topological polar surface area (TPSA) is 73.8 Å². The summed E-state index contributed by atoms with van der Waals surface area (Å²) in [5, 5.41) is 14.7. The van der Waals surface area contributed by atoms with Gasteiger partial charge in [-0.1, -0.05) is 0 Å². The summed E-state index contributed by atoms with van der Waals surface area (Å²) in [5.41, 5.74) is -1.96. The molecule has 0 radical (unpaired) electrons. The standard InChI is InChI=1S/C9H3Br2F3N4O2/c10-7-15-8(11)17(16-7)5-2-1-4(9(12,13)14)3-6(5)18(19)20/h1-3H. The Labute approximate surface area is 126 Å². The van der Waals surface area contributed by atoms with Crippen molar-refractivity contribution in [1.82, 2.24) is 14.8 Å². The minimum absolute atomic E-state index is 0.118. The van der Waals surface area contributed by atoms with Crippen LogP contribution in [0.1, 0.15) is 5.56 Å². The molecule has 0 unspecified atom stereocenters. The fraction of sp³-hybridized carbons (Fsp3) is 0.111. The van der Waals surface area contributed by atoms with Crippen molar-refractivity contribution >= 4 is 37.5 Å². The molecule has 0 saturated heterocycles. The van der Waals surface area contributed by atoms with E-state index < -0.39 is 22.4 Å². The second-order valence-corrected chi connectivity index (χ2v) is 4.94. The van der Waals surface area contributed by atoms with Crippen LogP contribution in [0.3, 0.4) is 0 Å². The third-order valence-electron chi connectivity index (χ3n) is 2.27. The third kappa shape index (κ3) is 2.82. The van der Waals surface area contributed by atoms with E-state index in [4.69, 9.17) is 0 Å². The Morgan fingerprint density at radius 1 is 1.30 bits per heavy atom. The van der Waals surface area contributed by atoms with Gasteiger partial charge in [-0.25, -0.2) is 0 Å². The lowest BCUT2D eigenvalue weighted by Crippen LogP contribution is -2.08. The molecule has 1 aromatic heterocycles. The quantitative estimate of drug-likeness (QED) is 0.553. The zero-order chi connectivity index (χ0) is 15.1. The van der Waals surface area contributed by atoms with Gasteiger partial charge in [0, 0.05) is 6.07 Å². The molecule has 0 fully saturated rings. The molecule has 0 bridgehead atoms. The van der Waals surface area contributed by atoms with Crippen LogP contribution in [0.2, 0.25) is 0 Å². The van der Waals surface area contributed by atoms with Crippen molar-refractivity contribution in [2.75, 3.05) is 0 Å². The molecule has 0 aliphatic carbocycles. The summed E-state index contributed by atoms with van der Waals surface area (Å²) in [5.74, 6) is 0. The number of nitro benzene ring substituents is 1. The van der Waals surface area contributed by atoms with Crippen LogP contribution in [-0.2, 0) is 6.18 Å². The van der Waals surface area contributed by atoms with Gasteiger partial charge in [-0.2, -0.15) is 22.8 Å². The van der Waals surface area contributed by atoms with E-state index in [1.807, 2.05) is 0 Å². The van der Waals surface area contributed by atoms with Crippen LogP contribution in [0, 0.1) is 10.1 Å². The average molecular weight is 416 g/mol. The van der Waals surface area contributed by atoms with Crippen LogP contribution in [-0.4, -0.2) is 19.7 Å². The number of nitro groups is 1. The minimum atomic E-state index is -4.66. The second-order valence-electron chi connectivity index (χ2n) is 3.52. The van der Waals surface area contributed by atoms with Gasteiger partial charge in [-0.15, -0.1) is 5.10 Å². The van der Waals surface area contributed by atoms with Gasteiger partial charge in [0.05, 0.1) is 10.5 Å². The number of rotatable bonds is 2. The molecule has 0 saturated carbocycles. The van der Waals surface area contributed by atoms with Gasteiger partial charge in [0.25, 0.3) is 5.69 Å². The van der Waals surface area contributed by atoms with Crippen molar-refractivity contribution in [1.29, 1.82) is 0 Å². The molecule has 106 valence electrons. The van der Waals surface area contributed by atoms with Crippen LogP contribution in [0.15, 0.2) is 27.7 Å². The third-order valence-corrected chi connectivity index (χ3v) is 3.12. The maximum Gasteiger partial charge on any atom is 0.416 e. The van der Waals surface area contributed by atoms with Gasteiger partial charge in [0.2, 0.25) is 9.47 Å². The largest absolute Gasteiger partial charge is 0.416 e. The van der Waals surface area contributed by atoms with Gasteiger partial charge in [-0.05, 0) is 44.0 Å². The van der Waals surface area contributed by atoms with Crippen molar-refractivity contribution in [3.63, 3.8) is 0 Å². The molecule has 2 rings (SSSR count). The van der Waals surface area contributed by atoms with Gasteiger partial charge >= 0.3 is 6.18 Å². The minimum Gasteiger partial charge on any atom is -0.258 e. The summed E-state index contributed by atoms with van der Waals surface area (Å²) >= 11 is 5.97. The molecule has 0 N–H and O–H groups in total. The lowest BCUT2D eigenvalue weighted by molar-refractivity contribution is -0.384. The molecule has 0 aliphatic heterocycles. The molecule has 0 aliphatic rings. The van der Waals surface area contributed by atoms with E-state index in [1.54, 1.807) is 0 Å². The molecule has 6 nitrogen and oxygen atoms in total. The van der Waals surface area contributed by atoms with E-state index in [1.165, 1.54) is 0 Å². The molecule has 20 heavy (non-hydrogen) atoms. The molecule has 0 amide bonds. The highest BCUT2D eigenvalue weighted by molar-refractivity contribution is 9.11. The highest BCUT2D eigenvalue weighted by Crippen LogP contribution is 2.34. The van der Waals surface area contributed by atoms with Gasteiger partial charge in [0.1, 0.15) is 5.69 Å². The first-order chi connectivity index (χ1) is 9.20. The number of nitrogens with zero attached hydrogens (tertiary/aromatic N) is 4. The average Bonchev–Trinajstić information content (AvgIpc) is 2.66. The molecule has 11 heteroatoms. The molecule has 2 aromatic rings. The molecule has 0 spiro atoms. The molecule has 0 atom stereocenters. The van der Waals surface area contributed by atoms with E-state index in [0.717, 1.165) is 16.8 Å². The summed E-state index contributed by atoms with van der Waals surface area (Å²) in [6.07, 6.45) is -4.66. The SMILES string of the molecule is O=[N+]([O-])c1cc(C(F)(F)F)ccc1-n1nc(Br)nc1Br. The number of hydrogen-bond acceptors (Lipinski definition) is 4. The lowest BCUT2D eigenvalue weighted by Gasteiger charge is -2.08. The van der Waals surface area contributed by atoms with E-state index in [2.05, 4.69) is 41.9 Å². The number of benzene rings is 1. The van der Waals surface area contributed by atoms with Crippen LogP contribution in [0.25, 0.3) is 5.69 Å². The second kappa shape index (κ2) is 5.13. The number of hydrogen-bond donors (Lipinski definition) is 0. The van der Waals surface area contributed by atoms with Crippen molar-refractivity contribution in [2.24, 2.45) is 0 Å². The normalized spacial score (nSPS) is 11.7. The van der Waals surface area contributed by atoms with Gasteiger partial charge < -0.3 is 0 Å². The Bertz CT molecular complexity index is 686. The van der Waals surface area contributed by atoms with Crippen molar-refractivity contribution in [2.45, 2.75) is 6.18 Å². The van der Waals surface area contributed by atoms with E-state index >= 15 is 0 Å². The highest BCUT2D eigenvalue weighted by Gasteiger charge is 2.33. The van der Waals surface area contributed by atoms with Crippen molar-refractivity contribution in [3.8, 4) is 5.69 Å². The Hall–Kier alpha value is -1.49. The van der Waals surface area contributed by atoms with Crippen LogP contribution >= 0.6 is 31.9 Å². The number of halogens is 5. The number of aromatic nitrogens is 3. The Kier molecular flexibility index (Phi) is 3.82. The maximum absolute atomic E-state index is 12.6. The zero-order valence-electron chi connectivity index (χ0n) is 9.23. The monoisotopic (exact) mass is 414 g/mol. The summed E-state index contributed by atoms with van der Waals surface area (Å²) < 4.78 is 39.0.